The first-order valence-corrected chi connectivity index (χ1v) is 10.2. The molecule has 1 aromatic heterocycles. The molecule has 0 N–H and O–H groups in total. The number of rotatable bonds is 4. The first-order valence-electron chi connectivity index (χ1n) is 8.37. The minimum atomic E-state index is -3.50. The Morgan fingerprint density at radius 1 is 1.12 bits per heavy atom. The summed E-state index contributed by atoms with van der Waals surface area (Å²) in [7, 11) is -3.50. The lowest BCUT2D eigenvalue weighted by Gasteiger charge is -2.22. The SMILES string of the molecule is O=S(=O)(c1cccnc1)N1C[C@@H]2CC[C@H](Oc3ccccc3Cl)[C@@H]2C1. The summed E-state index contributed by atoms with van der Waals surface area (Å²) < 4.78 is 33.3. The van der Waals surface area contributed by atoms with Crippen LogP contribution in [-0.4, -0.2) is 36.9 Å². The lowest BCUT2D eigenvalue weighted by molar-refractivity contribution is 0.155. The van der Waals surface area contributed by atoms with Crippen molar-refractivity contribution in [2.45, 2.75) is 23.8 Å². The number of pyridine rings is 1. The average molecular weight is 379 g/mol. The molecule has 1 aromatic carbocycles. The molecular formula is C18H19ClN2O3S. The molecule has 4 rings (SSSR count). The van der Waals surface area contributed by atoms with Gasteiger partial charge in [0.05, 0.1) is 5.02 Å². The highest BCUT2D eigenvalue weighted by molar-refractivity contribution is 7.89. The number of hydrogen-bond donors (Lipinski definition) is 0. The second-order valence-electron chi connectivity index (χ2n) is 6.60. The number of ether oxygens (including phenoxy) is 1. The van der Waals surface area contributed by atoms with Crippen LogP contribution in [0.2, 0.25) is 5.02 Å². The van der Waals surface area contributed by atoms with Crippen LogP contribution in [0, 0.1) is 11.8 Å². The maximum atomic E-state index is 12.8. The van der Waals surface area contributed by atoms with Crippen molar-refractivity contribution < 1.29 is 13.2 Å². The van der Waals surface area contributed by atoms with Crippen molar-refractivity contribution in [3.05, 3.63) is 53.8 Å². The van der Waals surface area contributed by atoms with E-state index in [2.05, 4.69) is 4.98 Å². The van der Waals surface area contributed by atoms with E-state index in [4.69, 9.17) is 16.3 Å². The summed E-state index contributed by atoms with van der Waals surface area (Å²) in [6.07, 6.45) is 4.88. The summed E-state index contributed by atoms with van der Waals surface area (Å²) in [5.74, 6) is 1.20. The zero-order valence-corrected chi connectivity index (χ0v) is 15.2. The summed E-state index contributed by atoms with van der Waals surface area (Å²) in [6, 6.07) is 10.7. The fourth-order valence-corrected chi connectivity index (χ4v) is 5.55. The highest BCUT2D eigenvalue weighted by atomic mass is 35.5. The van der Waals surface area contributed by atoms with Crippen LogP contribution >= 0.6 is 11.6 Å². The smallest absolute Gasteiger partial charge is 0.244 e. The molecule has 25 heavy (non-hydrogen) atoms. The Hall–Kier alpha value is -1.63. The molecule has 1 aliphatic carbocycles. The second kappa shape index (κ2) is 6.59. The Bertz CT molecular complexity index is 860. The average Bonchev–Trinajstić information content (AvgIpc) is 3.20. The fraction of sp³-hybridized carbons (Fsp3) is 0.389. The molecule has 1 aliphatic heterocycles. The van der Waals surface area contributed by atoms with Gasteiger partial charge >= 0.3 is 0 Å². The van der Waals surface area contributed by atoms with Crippen molar-refractivity contribution in [3.63, 3.8) is 0 Å². The lowest BCUT2D eigenvalue weighted by Crippen LogP contribution is -2.32. The number of halogens is 1. The van der Waals surface area contributed by atoms with Gasteiger partial charge in [0.2, 0.25) is 10.0 Å². The Kier molecular flexibility index (Phi) is 4.43. The molecule has 1 saturated heterocycles. The van der Waals surface area contributed by atoms with Gasteiger partial charge in [0, 0.05) is 31.4 Å². The van der Waals surface area contributed by atoms with Crippen molar-refractivity contribution in [1.82, 2.24) is 9.29 Å². The predicted octanol–water partition coefficient (Wildman–Crippen LogP) is 3.21. The lowest BCUT2D eigenvalue weighted by atomic mass is 9.99. The highest BCUT2D eigenvalue weighted by Gasteiger charge is 2.47. The third-order valence-electron chi connectivity index (χ3n) is 5.14. The summed E-state index contributed by atoms with van der Waals surface area (Å²) >= 11 is 6.19. The number of fused-ring (bicyclic) bond motifs is 1. The molecule has 7 heteroatoms. The van der Waals surface area contributed by atoms with Gasteiger partial charge in [0.25, 0.3) is 0 Å². The van der Waals surface area contributed by atoms with E-state index in [1.54, 1.807) is 28.7 Å². The molecule has 1 saturated carbocycles. The van der Waals surface area contributed by atoms with E-state index in [0.717, 1.165) is 12.8 Å². The van der Waals surface area contributed by atoms with Crippen LogP contribution < -0.4 is 4.74 Å². The van der Waals surface area contributed by atoms with Crippen molar-refractivity contribution in [2.24, 2.45) is 11.8 Å². The fourth-order valence-electron chi connectivity index (χ4n) is 3.87. The zero-order valence-electron chi connectivity index (χ0n) is 13.6. The van der Waals surface area contributed by atoms with E-state index in [0.29, 0.717) is 29.8 Å². The van der Waals surface area contributed by atoms with Gasteiger partial charge in [-0.1, -0.05) is 23.7 Å². The number of sulfonamides is 1. The largest absolute Gasteiger partial charge is 0.489 e. The van der Waals surface area contributed by atoms with Crippen LogP contribution in [0.5, 0.6) is 5.75 Å². The number of benzene rings is 1. The first-order chi connectivity index (χ1) is 12.1. The second-order valence-corrected chi connectivity index (χ2v) is 8.94. The molecule has 2 heterocycles. The molecule has 0 spiro atoms. The molecule has 2 fully saturated rings. The van der Waals surface area contributed by atoms with Crippen LogP contribution in [0.25, 0.3) is 0 Å². The highest BCUT2D eigenvalue weighted by Crippen LogP contribution is 2.42. The monoisotopic (exact) mass is 378 g/mol. The van der Waals surface area contributed by atoms with E-state index >= 15 is 0 Å². The van der Waals surface area contributed by atoms with Gasteiger partial charge in [-0.2, -0.15) is 4.31 Å². The van der Waals surface area contributed by atoms with Gasteiger partial charge in [-0.25, -0.2) is 8.42 Å². The molecule has 0 radical (unpaired) electrons. The van der Waals surface area contributed by atoms with Crippen LogP contribution in [0.15, 0.2) is 53.7 Å². The van der Waals surface area contributed by atoms with Crippen molar-refractivity contribution in [3.8, 4) is 5.75 Å². The quantitative estimate of drug-likeness (QED) is 0.819. The minimum absolute atomic E-state index is 0.000927. The normalized spacial score (nSPS) is 26.5. The standard InChI is InChI=1S/C18H19ClN2O3S/c19-16-5-1-2-6-18(16)24-17-8-7-13-11-21(12-15(13)17)25(22,23)14-4-3-9-20-10-14/h1-6,9-10,13,15,17H,7-8,11-12H2/t13-,15+,17-/m0/s1. The molecule has 0 unspecified atom stereocenters. The Labute approximate surface area is 152 Å². The zero-order chi connectivity index (χ0) is 17.4. The first kappa shape index (κ1) is 16.8. The predicted molar refractivity (Wildman–Crippen MR) is 95.1 cm³/mol. The van der Waals surface area contributed by atoms with Crippen molar-refractivity contribution in [1.29, 1.82) is 0 Å². The summed E-state index contributed by atoms with van der Waals surface area (Å²) in [4.78, 5) is 4.18. The van der Waals surface area contributed by atoms with Gasteiger partial charge in [-0.15, -0.1) is 0 Å². The maximum absolute atomic E-state index is 12.8. The van der Waals surface area contributed by atoms with Gasteiger partial charge in [-0.3, -0.25) is 4.98 Å². The van der Waals surface area contributed by atoms with Crippen molar-refractivity contribution >= 4 is 21.6 Å². The third-order valence-corrected chi connectivity index (χ3v) is 7.27. The molecule has 132 valence electrons. The van der Waals surface area contributed by atoms with Gasteiger partial charge in [-0.05, 0) is 43.0 Å². The van der Waals surface area contributed by atoms with Crippen LogP contribution in [0.1, 0.15) is 12.8 Å². The number of hydrogen-bond acceptors (Lipinski definition) is 4. The topological polar surface area (TPSA) is 59.5 Å². The van der Waals surface area contributed by atoms with E-state index in [1.165, 1.54) is 6.20 Å². The Morgan fingerprint density at radius 3 is 2.72 bits per heavy atom. The molecule has 0 bridgehead atoms. The summed E-state index contributed by atoms with van der Waals surface area (Å²) in [5.41, 5.74) is 0. The Balaban J connectivity index is 1.51. The minimum Gasteiger partial charge on any atom is -0.489 e. The summed E-state index contributed by atoms with van der Waals surface area (Å²) in [6.45, 7) is 1.03. The van der Waals surface area contributed by atoms with Crippen LogP contribution in [0.4, 0.5) is 0 Å². The van der Waals surface area contributed by atoms with E-state index in [9.17, 15) is 8.42 Å². The van der Waals surface area contributed by atoms with Gasteiger partial charge in [0.1, 0.15) is 16.7 Å². The molecule has 2 aliphatic rings. The van der Waals surface area contributed by atoms with E-state index in [1.807, 2.05) is 18.2 Å². The van der Waals surface area contributed by atoms with E-state index in [-0.39, 0.29) is 16.9 Å². The van der Waals surface area contributed by atoms with Gasteiger partial charge in [0.15, 0.2) is 0 Å². The number of para-hydroxylation sites is 1. The number of nitrogens with zero attached hydrogens (tertiary/aromatic N) is 2. The summed E-state index contributed by atoms with van der Waals surface area (Å²) in [5, 5.41) is 0.587. The number of aromatic nitrogens is 1. The van der Waals surface area contributed by atoms with Crippen LogP contribution in [-0.2, 0) is 10.0 Å². The van der Waals surface area contributed by atoms with Crippen molar-refractivity contribution in [2.75, 3.05) is 13.1 Å². The molecule has 0 amide bonds. The van der Waals surface area contributed by atoms with Crippen LogP contribution in [0.3, 0.4) is 0 Å². The molecular weight excluding hydrogens is 360 g/mol. The maximum Gasteiger partial charge on any atom is 0.244 e. The van der Waals surface area contributed by atoms with E-state index < -0.39 is 10.0 Å². The molecule has 2 aromatic rings. The van der Waals surface area contributed by atoms with Gasteiger partial charge < -0.3 is 4.74 Å². The Morgan fingerprint density at radius 2 is 1.96 bits per heavy atom. The molecule has 3 atom stereocenters. The molecule has 5 nitrogen and oxygen atoms in total. The third kappa shape index (κ3) is 3.14.